The van der Waals surface area contributed by atoms with Crippen LogP contribution in [0.1, 0.15) is 6.42 Å². The zero-order chi connectivity index (χ0) is 12.4. The molecule has 88 valence electrons. The maximum atomic E-state index is 11.1. The van der Waals surface area contributed by atoms with Gasteiger partial charge in [-0.3, -0.25) is 9.69 Å². The van der Waals surface area contributed by atoms with Crippen molar-refractivity contribution in [1.29, 1.82) is 0 Å². The first kappa shape index (κ1) is 14.4. The van der Waals surface area contributed by atoms with E-state index in [4.69, 9.17) is 5.73 Å². The summed E-state index contributed by atoms with van der Waals surface area (Å²) in [6, 6.07) is 0. The summed E-state index contributed by atoms with van der Waals surface area (Å²) in [4.78, 5) is 13.2. The Morgan fingerprint density at radius 1 is 1.06 bits per heavy atom. The molecule has 0 aromatic rings. The molecule has 0 aliphatic carbocycles. The Morgan fingerprint density at radius 3 is 2.00 bits per heavy atom. The van der Waals surface area contributed by atoms with Gasteiger partial charge in [-0.1, -0.05) is 24.3 Å². The van der Waals surface area contributed by atoms with E-state index in [0.717, 1.165) is 13.1 Å². The highest BCUT2D eigenvalue weighted by Gasteiger charge is 2.04. The number of nitrogens with two attached hydrogens (primary N) is 1. The molecule has 3 nitrogen and oxygen atoms in total. The van der Waals surface area contributed by atoms with Gasteiger partial charge in [0, 0.05) is 25.2 Å². The van der Waals surface area contributed by atoms with Crippen LogP contribution in [-0.2, 0) is 4.79 Å². The Kier molecular flexibility index (Phi) is 7.81. The molecule has 0 atom stereocenters. The molecule has 16 heavy (non-hydrogen) atoms. The van der Waals surface area contributed by atoms with E-state index in [-0.39, 0.29) is 0 Å². The van der Waals surface area contributed by atoms with E-state index in [9.17, 15) is 4.79 Å². The van der Waals surface area contributed by atoms with Gasteiger partial charge in [0.1, 0.15) is 0 Å². The van der Waals surface area contributed by atoms with Gasteiger partial charge >= 0.3 is 0 Å². The molecule has 0 fully saturated rings. The van der Waals surface area contributed by atoms with Gasteiger partial charge in [-0.05, 0) is 6.42 Å². The molecule has 0 aliphatic heterocycles. The molecule has 0 saturated heterocycles. The fourth-order valence-corrected chi connectivity index (χ4v) is 1.27. The van der Waals surface area contributed by atoms with Gasteiger partial charge in [-0.15, -0.1) is 19.7 Å². The van der Waals surface area contributed by atoms with Crippen molar-refractivity contribution in [2.75, 3.05) is 19.6 Å². The molecule has 0 unspecified atom stereocenters. The average Bonchev–Trinajstić information content (AvgIpc) is 2.24. The SMILES string of the molecule is C=CCC(=CCN(CC=C)CC=C)C(N)=O. The number of primary amides is 1. The van der Waals surface area contributed by atoms with E-state index >= 15 is 0 Å². The van der Waals surface area contributed by atoms with Crippen molar-refractivity contribution in [2.45, 2.75) is 6.42 Å². The van der Waals surface area contributed by atoms with E-state index in [2.05, 4.69) is 24.6 Å². The van der Waals surface area contributed by atoms with Crippen molar-refractivity contribution in [3.05, 3.63) is 49.6 Å². The quantitative estimate of drug-likeness (QED) is 0.474. The second kappa shape index (κ2) is 8.68. The van der Waals surface area contributed by atoms with Gasteiger partial charge in [0.2, 0.25) is 5.91 Å². The van der Waals surface area contributed by atoms with E-state index in [1.807, 2.05) is 18.2 Å². The van der Waals surface area contributed by atoms with E-state index in [1.54, 1.807) is 6.08 Å². The number of nitrogens with zero attached hydrogens (tertiary/aromatic N) is 1. The van der Waals surface area contributed by atoms with Crippen LogP contribution in [0, 0.1) is 0 Å². The van der Waals surface area contributed by atoms with Gasteiger partial charge < -0.3 is 5.73 Å². The van der Waals surface area contributed by atoms with Gasteiger partial charge in [-0.2, -0.15) is 0 Å². The molecule has 0 aromatic heterocycles. The predicted octanol–water partition coefficient (Wildman–Crippen LogP) is 1.65. The molecule has 0 aliphatic rings. The summed E-state index contributed by atoms with van der Waals surface area (Å²) >= 11 is 0. The Labute approximate surface area is 97.6 Å². The minimum Gasteiger partial charge on any atom is -0.366 e. The Balaban J connectivity index is 4.45. The Bertz CT molecular complexity index is 282. The first-order valence-corrected chi connectivity index (χ1v) is 5.19. The fourth-order valence-electron chi connectivity index (χ4n) is 1.27. The smallest absolute Gasteiger partial charge is 0.244 e. The first-order valence-electron chi connectivity index (χ1n) is 5.19. The van der Waals surface area contributed by atoms with Crippen molar-refractivity contribution >= 4 is 5.91 Å². The topological polar surface area (TPSA) is 46.3 Å². The normalized spacial score (nSPS) is 11.2. The first-order chi connectivity index (χ1) is 7.65. The summed E-state index contributed by atoms with van der Waals surface area (Å²) in [5, 5.41) is 0. The molecule has 0 spiro atoms. The maximum Gasteiger partial charge on any atom is 0.244 e. The summed E-state index contributed by atoms with van der Waals surface area (Å²) in [5.74, 6) is -0.392. The van der Waals surface area contributed by atoms with Crippen LogP contribution in [0.5, 0.6) is 0 Å². The van der Waals surface area contributed by atoms with Crippen LogP contribution in [0.25, 0.3) is 0 Å². The van der Waals surface area contributed by atoms with Crippen molar-refractivity contribution in [1.82, 2.24) is 4.90 Å². The van der Waals surface area contributed by atoms with Gasteiger partial charge in [0.05, 0.1) is 0 Å². The zero-order valence-electron chi connectivity index (χ0n) is 9.69. The average molecular weight is 220 g/mol. The highest BCUT2D eigenvalue weighted by atomic mass is 16.1. The third-order valence-corrected chi connectivity index (χ3v) is 2.05. The molecule has 2 N–H and O–H groups in total. The summed E-state index contributed by atoms with van der Waals surface area (Å²) in [7, 11) is 0. The lowest BCUT2D eigenvalue weighted by Gasteiger charge is -2.16. The third kappa shape index (κ3) is 5.98. The van der Waals surface area contributed by atoms with E-state index < -0.39 is 5.91 Å². The highest BCUT2D eigenvalue weighted by Crippen LogP contribution is 2.02. The highest BCUT2D eigenvalue weighted by molar-refractivity contribution is 5.92. The van der Waals surface area contributed by atoms with Crippen molar-refractivity contribution in [3.63, 3.8) is 0 Å². The number of allylic oxidation sites excluding steroid dienone is 1. The lowest BCUT2D eigenvalue weighted by Crippen LogP contribution is -2.25. The summed E-state index contributed by atoms with van der Waals surface area (Å²) in [6.45, 7) is 13.1. The molecule has 0 radical (unpaired) electrons. The number of carbonyl (C=O) groups excluding carboxylic acids is 1. The van der Waals surface area contributed by atoms with Crippen molar-refractivity contribution < 1.29 is 4.79 Å². The second-order valence-electron chi connectivity index (χ2n) is 3.38. The van der Waals surface area contributed by atoms with Crippen molar-refractivity contribution in [3.8, 4) is 0 Å². The van der Waals surface area contributed by atoms with Crippen LogP contribution < -0.4 is 5.73 Å². The molecular weight excluding hydrogens is 200 g/mol. The maximum absolute atomic E-state index is 11.1. The number of amides is 1. The van der Waals surface area contributed by atoms with Gasteiger partial charge in [0.15, 0.2) is 0 Å². The molecule has 0 aromatic carbocycles. The van der Waals surface area contributed by atoms with E-state index in [0.29, 0.717) is 18.5 Å². The summed E-state index contributed by atoms with van der Waals surface area (Å²) < 4.78 is 0. The molecule has 1 amide bonds. The predicted molar refractivity (Wildman–Crippen MR) is 68.9 cm³/mol. The molecule has 0 rings (SSSR count). The monoisotopic (exact) mass is 220 g/mol. The second-order valence-corrected chi connectivity index (χ2v) is 3.38. The standard InChI is InChI=1S/C13H20N2O/c1-4-7-12(13(14)16)8-11-15(9-5-2)10-6-3/h4-6,8H,1-3,7,9-11H2,(H2,14,16). The summed E-state index contributed by atoms with van der Waals surface area (Å²) in [6.07, 6.45) is 7.63. The van der Waals surface area contributed by atoms with Crippen LogP contribution in [0.2, 0.25) is 0 Å². The summed E-state index contributed by atoms with van der Waals surface area (Å²) in [5.41, 5.74) is 5.83. The molecule has 0 bridgehead atoms. The Hall–Kier alpha value is -1.61. The van der Waals surface area contributed by atoms with Gasteiger partial charge in [-0.25, -0.2) is 0 Å². The van der Waals surface area contributed by atoms with Gasteiger partial charge in [0.25, 0.3) is 0 Å². The lowest BCUT2D eigenvalue weighted by atomic mass is 10.1. The van der Waals surface area contributed by atoms with Crippen LogP contribution in [0.15, 0.2) is 49.6 Å². The Morgan fingerprint density at radius 2 is 1.62 bits per heavy atom. The van der Waals surface area contributed by atoms with Crippen molar-refractivity contribution in [2.24, 2.45) is 5.73 Å². The van der Waals surface area contributed by atoms with Crippen LogP contribution in [-0.4, -0.2) is 30.4 Å². The largest absolute Gasteiger partial charge is 0.366 e. The molecule has 3 heteroatoms. The van der Waals surface area contributed by atoms with E-state index in [1.165, 1.54) is 0 Å². The molecule has 0 saturated carbocycles. The van der Waals surface area contributed by atoms with Crippen LogP contribution in [0.3, 0.4) is 0 Å². The number of hydrogen-bond donors (Lipinski definition) is 1. The zero-order valence-corrected chi connectivity index (χ0v) is 9.69. The van der Waals surface area contributed by atoms with Crippen LogP contribution in [0.4, 0.5) is 0 Å². The molecular formula is C13H20N2O. The molecule has 0 heterocycles. The number of hydrogen-bond acceptors (Lipinski definition) is 2. The fraction of sp³-hybridized carbons (Fsp3) is 0.308. The minimum atomic E-state index is -0.392. The number of carbonyl (C=O) groups is 1. The third-order valence-electron chi connectivity index (χ3n) is 2.05. The minimum absolute atomic E-state index is 0.392. The number of rotatable bonds is 9. The lowest BCUT2D eigenvalue weighted by molar-refractivity contribution is -0.114. The van der Waals surface area contributed by atoms with Crippen LogP contribution >= 0.6 is 0 Å².